The van der Waals surface area contributed by atoms with Crippen LogP contribution in [0.25, 0.3) is 0 Å². The standard InChI is InChI=1S/C6H6O3S/c1-2-6-3-4-9-10(7,8)5-6/h1,3-4,6H,5H2. The fraction of sp³-hybridized carbons (Fsp3) is 0.333. The summed E-state index contributed by atoms with van der Waals surface area (Å²) in [5.41, 5.74) is 0. The first kappa shape index (κ1) is 7.16. The SMILES string of the molecule is C#CC1C=COS(=O)(=O)C1. The fourth-order valence-electron chi connectivity index (χ4n) is 0.630. The maximum atomic E-state index is 10.7. The molecule has 1 atom stereocenters. The summed E-state index contributed by atoms with van der Waals surface area (Å²) in [6.07, 6.45) is 7.66. The molecule has 0 saturated carbocycles. The highest BCUT2D eigenvalue weighted by Gasteiger charge is 2.19. The largest absolute Gasteiger partial charge is 0.391 e. The van der Waals surface area contributed by atoms with Gasteiger partial charge >= 0.3 is 10.1 Å². The highest BCUT2D eigenvalue weighted by atomic mass is 32.2. The minimum Gasteiger partial charge on any atom is -0.391 e. The molecule has 0 aromatic carbocycles. The van der Waals surface area contributed by atoms with Crippen LogP contribution in [0, 0.1) is 18.3 Å². The molecule has 0 saturated heterocycles. The van der Waals surface area contributed by atoms with Gasteiger partial charge in [-0.3, -0.25) is 0 Å². The maximum absolute atomic E-state index is 10.7. The molecule has 0 radical (unpaired) electrons. The zero-order valence-electron chi connectivity index (χ0n) is 5.15. The number of rotatable bonds is 0. The molecule has 0 aromatic rings. The number of terminal acetylenes is 1. The van der Waals surface area contributed by atoms with Crippen LogP contribution in [0.3, 0.4) is 0 Å². The van der Waals surface area contributed by atoms with Gasteiger partial charge in [0.2, 0.25) is 0 Å². The highest BCUT2D eigenvalue weighted by Crippen LogP contribution is 2.10. The lowest BCUT2D eigenvalue weighted by Crippen LogP contribution is -2.17. The van der Waals surface area contributed by atoms with Crippen molar-refractivity contribution >= 4 is 10.1 Å². The first-order chi connectivity index (χ1) is 4.64. The molecule has 0 bridgehead atoms. The number of hydrogen-bond donors (Lipinski definition) is 0. The molecule has 4 heteroatoms. The Morgan fingerprint density at radius 3 is 2.80 bits per heavy atom. The van der Waals surface area contributed by atoms with Gasteiger partial charge < -0.3 is 4.18 Å². The summed E-state index contributed by atoms with van der Waals surface area (Å²) < 4.78 is 25.6. The van der Waals surface area contributed by atoms with Crippen LogP contribution in [0.5, 0.6) is 0 Å². The molecule has 1 heterocycles. The van der Waals surface area contributed by atoms with E-state index in [2.05, 4.69) is 10.1 Å². The molecular formula is C6H6O3S. The molecule has 0 aliphatic carbocycles. The molecule has 0 aromatic heterocycles. The van der Waals surface area contributed by atoms with Crippen molar-refractivity contribution < 1.29 is 12.6 Å². The minimum absolute atomic E-state index is 0.111. The van der Waals surface area contributed by atoms with E-state index in [1.807, 2.05) is 0 Å². The Bertz CT molecular complexity index is 281. The zero-order valence-corrected chi connectivity index (χ0v) is 5.97. The Hall–Kier alpha value is -0.950. The summed E-state index contributed by atoms with van der Waals surface area (Å²) in [6, 6.07) is 0. The predicted molar refractivity (Wildman–Crippen MR) is 36.3 cm³/mol. The molecule has 54 valence electrons. The van der Waals surface area contributed by atoms with Crippen LogP contribution in [-0.4, -0.2) is 14.2 Å². The highest BCUT2D eigenvalue weighted by molar-refractivity contribution is 7.86. The van der Waals surface area contributed by atoms with Crippen molar-refractivity contribution in [3.63, 3.8) is 0 Å². The Morgan fingerprint density at radius 1 is 1.70 bits per heavy atom. The summed E-state index contributed by atoms with van der Waals surface area (Å²) in [7, 11) is -3.37. The predicted octanol–water partition coefficient (Wildman–Crippen LogP) is 0.110. The molecule has 1 aliphatic heterocycles. The summed E-state index contributed by atoms with van der Waals surface area (Å²) in [6.45, 7) is 0. The van der Waals surface area contributed by atoms with Crippen molar-refractivity contribution in [3.05, 3.63) is 12.3 Å². The van der Waals surface area contributed by atoms with Crippen molar-refractivity contribution in [3.8, 4) is 12.3 Å². The lowest BCUT2D eigenvalue weighted by atomic mass is 10.2. The van der Waals surface area contributed by atoms with Crippen molar-refractivity contribution in [1.29, 1.82) is 0 Å². The van der Waals surface area contributed by atoms with Gasteiger partial charge in [0.1, 0.15) is 12.0 Å². The lowest BCUT2D eigenvalue weighted by molar-refractivity contribution is 0.428. The van der Waals surface area contributed by atoms with Gasteiger partial charge in [0, 0.05) is 0 Å². The van der Waals surface area contributed by atoms with E-state index in [9.17, 15) is 8.42 Å². The van der Waals surface area contributed by atoms with Crippen LogP contribution < -0.4 is 0 Å². The molecule has 0 spiro atoms. The van der Waals surface area contributed by atoms with Gasteiger partial charge in [-0.25, -0.2) is 0 Å². The maximum Gasteiger partial charge on any atom is 0.310 e. The molecule has 0 fully saturated rings. The summed E-state index contributed by atoms with van der Waals surface area (Å²) >= 11 is 0. The zero-order chi connectivity index (χ0) is 7.61. The van der Waals surface area contributed by atoms with Crippen molar-refractivity contribution in [1.82, 2.24) is 0 Å². The van der Waals surface area contributed by atoms with Crippen LogP contribution >= 0.6 is 0 Å². The first-order valence-electron chi connectivity index (χ1n) is 2.68. The van der Waals surface area contributed by atoms with E-state index >= 15 is 0 Å². The average Bonchev–Trinajstić information content (AvgIpc) is 1.86. The van der Waals surface area contributed by atoms with Crippen LogP contribution in [0.2, 0.25) is 0 Å². The molecule has 1 aliphatic rings. The molecule has 0 amide bonds. The molecule has 3 nitrogen and oxygen atoms in total. The average molecular weight is 158 g/mol. The van der Waals surface area contributed by atoms with Crippen LogP contribution in [-0.2, 0) is 14.3 Å². The van der Waals surface area contributed by atoms with E-state index in [-0.39, 0.29) is 11.7 Å². The van der Waals surface area contributed by atoms with Crippen molar-refractivity contribution in [2.75, 3.05) is 5.75 Å². The number of allylic oxidation sites excluding steroid dienone is 1. The molecular weight excluding hydrogens is 152 g/mol. The Balaban J connectivity index is 2.85. The second-order valence-corrected chi connectivity index (χ2v) is 3.56. The van der Waals surface area contributed by atoms with E-state index in [0.717, 1.165) is 6.26 Å². The monoisotopic (exact) mass is 158 g/mol. The first-order valence-corrected chi connectivity index (χ1v) is 4.25. The van der Waals surface area contributed by atoms with Gasteiger partial charge in [0.25, 0.3) is 0 Å². The van der Waals surface area contributed by atoms with Crippen LogP contribution in [0.15, 0.2) is 12.3 Å². The van der Waals surface area contributed by atoms with Crippen molar-refractivity contribution in [2.24, 2.45) is 5.92 Å². The summed E-state index contributed by atoms with van der Waals surface area (Å²) in [5, 5.41) is 0. The smallest absolute Gasteiger partial charge is 0.310 e. The number of hydrogen-bond acceptors (Lipinski definition) is 3. The Morgan fingerprint density at radius 2 is 2.40 bits per heavy atom. The fourth-order valence-corrected chi connectivity index (χ4v) is 1.59. The third-order valence-corrected chi connectivity index (χ3v) is 2.28. The van der Waals surface area contributed by atoms with Gasteiger partial charge in [0.15, 0.2) is 0 Å². The second-order valence-electron chi connectivity index (χ2n) is 1.92. The third kappa shape index (κ3) is 1.52. The normalized spacial score (nSPS) is 28.5. The molecule has 10 heavy (non-hydrogen) atoms. The van der Waals surface area contributed by atoms with Gasteiger partial charge in [-0.1, -0.05) is 5.92 Å². The van der Waals surface area contributed by atoms with E-state index < -0.39 is 10.1 Å². The van der Waals surface area contributed by atoms with E-state index in [0.29, 0.717) is 0 Å². The van der Waals surface area contributed by atoms with Gasteiger partial charge in [-0.2, -0.15) is 8.42 Å². The van der Waals surface area contributed by atoms with Gasteiger partial charge in [0.05, 0.1) is 5.92 Å². The summed E-state index contributed by atoms with van der Waals surface area (Å²) in [4.78, 5) is 0. The quantitative estimate of drug-likeness (QED) is 0.371. The van der Waals surface area contributed by atoms with Crippen LogP contribution in [0.1, 0.15) is 0 Å². The van der Waals surface area contributed by atoms with Gasteiger partial charge in [-0.05, 0) is 6.08 Å². The van der Waals surface area contributed by atoms with Crippen molar-refractivity contribution in [2.45, 2.75) is 0 Å². The Kier molecular flexibility index (Phi) is 1.68. The topological polar surface area (TPSA) is 43.4 Å². The Labute approximate surface area is 59.8 Å². The lowest BCUT2D eigenvalue weighted by Gasteiger charge is -2.10. The molecule has 1 unspecified atom stereocenters. The second kappa shape index (κ2) is 2.35. The van der Waals surface area contributed by atoms with Gasteiger partial charge in [-0.15, -0.1) is 6.42 Å². The van der Waals surface area contributed by atoms with E-state index in [1.165, 1.54) is 0 Å². The van der Waals surface area contributed by atoms with Crippen LogP contribution in [0.4, 0.5) is 0 Å². The summed E-state index contributed by atoms with van der Waals surface area (Å²) in [5.74, 6) is 1.87. The molecule has 1 rings (SSSR count). The van der Waals surface area contributed by atoms with E-state index in [4.69, 9.17) is 6.42 Å². The third-order valence-electron chi connectivity index (χ3n) is 1.11. The van der Waals surface area contributed by atoms with E-state index in [1.54, 1.807) is 6.08 Å². The molecule has 0 N–H and O–H groups in total. The minimum atomic E-state index is -3.37.